The molecule has 230 valence electrons. The lowest BCUT2D eigenvalue weighted by Gasteiger charge is -2.24. The van der Waals surface area contributed by atoms with Gasteiger partial charge in [-0.2, -0.15) is 8.42 Å². The Kier molecular flexibility index (Phi) is 10.1. The normalized spacial score (nSPS) is 12.5. The third-order valence-corrected chi connectivity index (χ3v) is 8.29. The molecule has 1 aromatic heterocycles. The van der Waals surface area contributed by atoms with Crippen molar-refractivity contribution in [2.24, 2.45) is 0 Å². The van der Waals surface area contributed by atoms with Gasteiger partial charge in [-0.15, -0.1) is 0 Å². The summed E-state index contributed by atoms with van der Waals surface area (Å²) in [6.45, 7) is 5.26. The van der Waals surface area contributed by atoms with Crippen LogP contribution in [-0.2, 0) is 31.6 Å². The molecule has 15 heteroatoms. The van der Waals surface area contributed by atoms with Gasteiger partial charge in [-0.1, -0.05) is 22.6 Å². The molecule has 1 heterocycles. The Morgan fingerprint density at radius 2 is 1.67 bits per heavy atom. The van der Waals surface area contributed by atoms with Gasteiger partial charge in [0.15, 0.2) is 0 Å². The van der Waals surface area contributed by atoms with Crippen LogP contribution in [0.25, 0.3) is 11.3 Å². The molecule has 0 aliphatic rings. The molecule has 0 unspecified atom stereocenters. The number of anilines is 1. The van der Waals surface area contributed by atoms with Gasteiger partial charge in [0.2, 0.25) is 0 Å². The van der Waals surface area contributed by atoms with Crippen molar-refractivity contribution in [2.45, 2.75) is 37.8 Å². The molecule has 0 saturated carbocycles. The molecule has 0 radical (unpaired) electrons. The van der Waals surface area contributed by atoms with E-state index in [2.05, 4.69) is 5.43 Å². The first-order chi connectivity index (χ1) is 19.4. The highest BCUT2D eigenvalue weighted by Crippen LogP contribution is 2.30. The fraction of sp³-hybridized carbons (Fsp3) is 0.370. The molecule has 0 aliphatic heterocycles. The number of rotatable bonds is 11. The highest BCUT2D eigenvalue weighted by molar-refractivity contribution is 7.90. The summed E-state index contributed by atoms with van der Waals surface area (Å²) >= 11 is 0. The molecular weight excluding hydrogens is 589 g/mol. The summed E-state index contributed by atoms with van der Waals surface area (Å²) in [7, 11) is -4.12. The number of carbonyl (C=O) groups is 1. The molecule has 12 nitrogen and oxygen atoms in total. The van der Waals surface area contributed by atoms with E-state index >= 15 is 0 Å². The van der Waals surface area contributed by atoms with E-state index in [-0.39, 0.29) is 41.5 Å². The third-order valence-electron chi connectivity index (χ3n) is 5.79. The van der Waals surface area contributed by atoms with Crippen LogP contribution in [0.2, 0.25) is 0 Å². The van der Waals surface area contributed by atoms with Gasteiger partial charge in [0.05, 0.1) is 22.8 Å². The predicted octanol–water partition coefficient (Wildman–Crippen LogP) is 3.89. The van der Waals surface area contributed by atoms with Gasteiger partial charge in [-0.25, -0.2) is 21.6 Å². The first kappa shape index (κ1) is 33.0. The van der Waals surface area contributed by atoms with Crippen molar-refractivity contribution in [1.29, 1.82) is 0 Å². The minimum atomic E-state index is -4.68. The Labute approximate surface area is 246 Å². The van der Waals surface area contributed by atoms with E-state index in [1.807, 2.05) is 0 Å². The van der Waals surface area contributed by atoms with Crippen LogP contribution in [0.15, 0.2) is 65.7 Å². The van der Waals surface area contributed by atoms with Gasteiger partial charge in [0, 0.05) is 31.9 Å². The number of likely N-dealkylation sites (N-methyl/N-ethyl adjacent to an activating group) is 1. The fourth-order valence-corrected chi connectivity index (χ4v) is 5.80. The van der Waals surface area contributed by atoms with Crippen molar-refractivity contribution in [3.05, 3.63) is 72.2 Å². The molecule has 1 amide bonds. The van der Waals surface area contributed by atoms with E-state index in [0.29, 0.717) is 9.98 Å². The Balaban J connectivity index is 2.04. The summed E-state index contributed by atoms with van der Waals surface area (Å²) in [5.41, 5.74) is 2.28. The van der Waals surface area contributed by atoms with Crippen LogP contribution < -0.4 is 5.43 Å². The van der Waals surface area contributed by atoms with E-state index in [1.54, 1.807) is 45.8 Å². The van der Waals surface area contributed by atoms with Crippen molar-refractivity contribution in [3.63, 3.8) is 0 Å². The zero-order valence-electron chi connectivity index (χ0n) is 24.3. The van der Waals surface area contributed by atoms with Gasteiger partial charge in [-0.3, -0.25) is 4.55 Å². The van der Waals surface area contributed by atoms with E-state index < -0.39 is 37.8 Å². The monoisotopic (exact) mass is 625 g/mol. The number of ether oxygens (including phenoxy) is 1. The summed E-state index contributed by atoms with van der Waals surface area (Å²) in [5, 5.41) is 0. The molecule has 0 fully saturated rings. The second-order valence-electron chi connectivity index (χ2n) is 10.8. The molecule has 2 aromatic carbocycles. The second kappa shape index (κ2) is 12.8. The highest BCUT2D eigenvalue weighted by atomic mass is 32.2. The molecule has 3 aromatic rings. The van der Waals surface area contributed by atoms with Crippen molar-refractivity contribution in [2.75, 3.05) is 39.7 Å². The smallest absolute Gasteiger partial charge is 0.410 e. The fourth-order valence-electron chi connectivity index (χ4n) is 3.83. The first-order valence-corrected chi connectivity index (χ1v) is 15.6. The van der Waals surface area contributed by atoms with Crippen LogP contribution in [0, 0.1) is 5.82 Å². The molecule has 0 atom stereocenters. The molecular formula is C27H36FN5O7S2. The number of benzene rings is 2. The van der Waals surface area contributed by atoms with Crippen molar-refractivity contribution >= 4 is 32.1 Å². The van der Waals surface area contributed by atoms with Gasteiger partial charge in [0.25, 0.3) is 10.0 Å². The zero-order chi connectivity index (χ0) is 31.5. The maximum atomic E-state index is 14.9. The van der Waals surface area contributed by atoms with E-state index in [0.717, 1.165) is 3.97 Å². The Bertz CT molecular complexity index is 1630. The van der Waals surface area contributed by atoms with Crippen molar-refractivity contribution in [1.82, 2.24) is 18.2 Å². The molecule has 3 rings (SSSR count). The van der Waals surface area contributed by atoms with Crippen molar-refractivity contribution < 1.29 is 35.3 Å². The van der Waals surface area contributed by atoms with Gasteiger partial charge in [0.1, 0.15) is 11.4 Å². The van der Waals surface area contributed by atoms with Crippen LogP contribution in [0.1, 0.15) is 26.3 Å². The lowest BCUT2D eigenvalue weighted by atomic mass is 10.1. The molecule has 0 spiro atoms. The minimum Gasteiger partial charge on any atom is -0.444 e. The predicted molar refractivity (Wildman–Crippen MR) is 157 cm³/mol. The lowest BCUT2D eigenvalue weighted by Crippen LogP contribution is -2.40. The average molecular weight is 626 g/mol. The largest absolute Gasteiger partial charge is 0.444 e. The van der Waals surface area contributed by atoms with Crippen LogP contribution in [0.4, 0.5) is 14.9 Å². The average Bonchev–Trinajstić information content (AvgIpc) is 3.29. The zero-order valence-corrected chi connectivity index (χ0v) is 25.9. The SMILES string of the molecule is CN(C)CCN(Nc1cccc(S(=O)(=O)n2cc(CN(C)C(=O)OC(C)(C)C)cc2-c2ccccc2F)c1)S(=O)(=O)O. The summed E-state index contributed by atoms with van der Waals surface area (Å²) < 4.78 is 83.1. The number of hydrogen-bond donors (Lipinski definition) is 2. The second-order valence-corrected chi connectivity index (χ2v) is 14.0. The standard InChI is InChI=1S/C27H36FN5O7S2/c1-27(2,3)40-26(34)31(6)18-20-16-25(23-12-7-8-13-24(23)28)32(19-20)41(35,36)22-11-9-10-21(17-22)29-33(42(37,38)39)15-14-30(4)5/h7-13,16-17,19,29H,14-15,18H2,1-6H3,(H,37,38,39). The summed E-state index contributed by atoms with van der Waals surface area (Å²) in [5.74, 6) is -0.654. The summed E-state index contributed by atoms with van der Waals surface area (Å²) in [6, 6.07) is 12.5. The number of hydrogen-bond acceptors (Lipinski definition) is 8. The van der Waals surface area contributed by atoms with E-state index in [9.17, 15) is 30.6 Å². The Hall–Kier alpha value is -3.50. The molecule has 42 heavy (non-hydrogen) atoms. The van der Waals surface area contributed by atoms with E-state index in [4.69, 9.17) is 4.74 Å². The van der Waals surface area contributed by atoms with E-state index in [1.165, 1.54) is 66.7 Å². The van der Waals surface area contributed by atoms with Crippen LogP contribution in [0.5, 0.6) is 0 Å². The van der Waals surface area contributed by atoms with Crippen LogP contribution in [-0.4, -0.2) is 85.5 Å². The summed E-state index contributed by atoms with van der Waals surface area (Å²) in [4.78, 5) is 15.3. The highest BCUT2D eigenvalue weighted by Gasteiger charge is 2.26. The first-order valence-electron chi connectivity index (χ1n) is 12.8. The molecule has 0 saturated heterocycles. The van der Waals surface area contributed by atoms with Gasteiger partial charge < -0.3 is 20.0 Å². The molecule has 0 bridgehead atoms. The molecule has 2 N–H and O–H groups in total. The topological polar surface area (TPSA) is 141 Å². The number of nitrogens with zero attached hydrogens (tertiary/aromatic N) is 4. The summed E-state index contributed by atoms with van der Waals surface area (Å²) in [6.07, 6.45) is 0.668. The maximum Gasteiger partial charge on any atom is 0.410 e. The number of carbonyl (C=O) groups excluding carboxylic acids is 1. The Morgan fingerprint density at radius 1 is 1.00 bits per heavy atom. The minimum absolute atomic E-state index is 0.0164. The molecule has 0 aliphatic carbocycles. The van der Waals surface area contributed by atoms with Gasteiger partial charge >= 0.3 is 16.4 Å². The van der Waals surface area contributed by atoms with Crippen LogP contribution >= 0.6 is 0 Å². The number of nitrogens with one attached hydrogen (secondary N) is 1. The van der Waals surface area contributed by atoms with Crippen LogP contribution in [0.3, 0.4) is 0 Å². The van der Waals surface area contributed by atoms with Gasteiger partial charge in [-0.05, 0) is 76.8 Å². The number of hydrazine groups is 1. The Morgan fingerprint density at radius 3 is 2.26 bits per heavy atom. The number of aromatic nitrogens is 1. The quantitative estimate of drug-likeness (QED) is 0.240. The third kappa shape index (κ3) is 8.51. The van der Waals surface area contributed by atoms with Crippen molar-refractivity contribution in [3.8, 4) is 11.3 Å². The number of halogens is 1. The number of amides is 1. The maximum absolute atomic E-state index is 14.9. The lowest BCUT2D eigenvalue weighted by molar-refractivity contribution is 0.0285.